The van der Waals surface area contributed by atoms with Gasteiger partial charge in [-0.25, -0.2) is 9.78 Å². The van der Waals surface area contributed by atoms with Crippen LogP contribution < -0.4 is 9.64 Å². The smallest absolute Gasteiger partial charge is 0.339 e. The van der Waals surface area contributed by atoms with Crippen molar-refractivity contribution in [2.24, 2.45) is 5.92 Å². The van der Waals surface area contributed by atoms with Gasteiger partial charge in [0.15, 0.2) is 0 Å². The molecule has 0 amide bonds. The third kappa shape index (κ3) is 6.49. The largest absolute Gasteiger partial charge is 0.478 e. The lowest BCUT2D eigenvalue weighted by atomic mass is 9.92. The monoisotopic (exact) mass is 558 g/mol. The first-order valence-electron chi connectivity index (χ1n) is 13.7. The number of hydrogen-bond acceptors (Lipinski definition) is 5. The number of aromatic nitrogens is 2. The van der Waals surface area contributed by atoms with E-state index in [1.807, 2.05) is 42.6 Å². The minimum Gasteiger partial charge on any atom is -0.478 e. The summed E-state index contributed by atoms with van der Waals surface area (Å²) in [7, 11) is 0. The molecular formula is C32H35ClN4O3. The van der Waals surface area contributed by atoms with Crippen molar-refractivity contribution in [1.82, 2.24) is 14.9 Å². The van der Waals surface area contributed by atoms with Crippen LogP contribution in [-0.2, 0) is 0 Å². The molecule has 5 rings (SSSR count). The molecule has 4 aromatic rings. The first-order valence-corrected chi connectivity index (χ1v) is 14.0. The minimum absolute atomic E-state index is 0.122. The number of H-pyrrole nitrogens is 1. The number of rotatable bonds is 9. The maximum atomic E-state index is 11.9. The number of carboxylic acids is 1. The van der Waals surface area contributed by atoms with Crippen molar-refractivity contribution < 1.29 is 14.6 Å². The van der Waals surface area contributed by atoms with Crippen LogP contribution >= 0.6 is 11.6 Å². The van der Waals surface area contributed by atoms with Crippen molar-refractivity contribution in [2.75, 3.05) is 37.6 Å². The number of carbonyl (C=O) groups is 1. The lowest BCUT2D eigenvalue weighted by molar-refractivity contribution is 0.0694. The van der Waals surface area contributed by atoms with Gasteiger partial charge in [0.05, 0.1) is 6.20 Å². The molecule has 208 valence electrons. The molecule has 0 atom stereocenters. The van der Waals surface area contributed by atoms with Crippen LogP contribution in [0.1, 0.15) is 43.1 Å². The summed E-state index contributed by atoms with van der Waals surface area (Å²) in [6.45, 7) is 11.2. The highest BCUT2D eigenvalue weighted by atomic mass is 35.5. The standard InChI is InChI=1S/C32H35ClN4O3/c1-21(2)16-29(23-4-6-25(33)7-5-23)22(3)20-36-12-14-37(15-13-36)26-8-9-28(32(38)39)30(18-26)40-27-17-24-10-11-34-31(24)35-19-27/h4-11,17-19,21H,12-16,20H2,1-3H3,(H,34,35)(H,38,39). The summed E-state index contributed by atoms with van der Waals surface area (Å²) >= 11 is 6.14. The Labute approximate surface area is 240 Å². The number of nitrogens with one attached hydrogen (secondary N) is 1. The van der Waals surface area contributed by atoms with E-state index in [-0.39, 0.29) is 5.56 Å². The van der Waals surface area contributed by atoms with E-state index >= 15 is 0 Å². The Kier molecular flexibility index (Phi) is 8.43. The van der Waals surface area contributed by atoms with Gasteiger partial charge in [-0.1, -0.05) is 43.2 Å². The van der Waals surface area contributed by atoms with Gasteiger partial charge in [-0.05, 0) is 66.8 Å². The summed E-state index contributed by atoms with van der Waals surface area (Å²) in [5.41, 5.74) is 5.85. The Morgan fingerprint density at radius 1 is 1.07 bits per heavy atom. The number of anilines is 1. The third-order valence-corrected chi connectivity index (χ3v) is 7.57. The van der Waals surface area contributed by atoms with Crippen molar-refractivity contribution in [3.05, 3.63) is 88.7 Å². The van der Waals surface area contributed by atoms with Gasteiger partial charge in [0.25, 0.3) is 0 Å². The third-order valence-electron chi connectivity index (χ3n) is 7.32. The summed E-state index contributed by atoms with van der Waals surface area (Å²) in [5.74, 6) is 0.339. The Morgan fingerprint density at radius 2 is 1.82 bits per heavy atom. The van der Waals surface area contributed by atoms with Gasteiger partial charge in [0.2, 0.25) is 0 Å². The summed E-state index contributed by atoms with van der Waals surface area (Å²) in [4.78, 5) is 24.1. The number of aromatic amines is 1. The number of pyridine rings is 1. The van der Waals surface area contributed by atoms with E-state index in [2.05, 4.69) is 52.7 Å². The normalized spacial score (nSPS) is 15.0. The Hall–Kier alpha value is -3.81. The van der Waals surface area contributed by atoms with Crippen LogP contribution in [0.4, 0.5) is 5.69 Å². The average molecular weight is 559 g/mol. The van der Waals surface area contributed by atoms with E-state index in [0.717, 1.165) is 60.9 Å². The fraction of sp³-hybridized carbons (Fsp3) is 0.312. The SMILES string of the molecule is CC(CN1CCN(c2ccc(C(=O)O)c(Oc3cnc4[nH]ccc4c3)c2)CC1)=C(CC(C)C)c1ccc(Cl)cc1. The molecule has 2 aromatic heterocycles. The van der Waals surface area contributed by atoms with Gasteiger partial charge in [0, 0.05) is 61.1 Å². The number of benzene rings is 2. The number of fused-ring (bicyclic) bond motifs is 1. The number of nitrogens with zero attached hydrogens (tertiary/aromatic N) is 3. The maximum Gasteiger partial charge on any atom is 0.339 e. The van der Waals surface area contributed by atoms with Gasteiger partial charge in [-0.15, -0.1) is 0 Å². The van der Waals surface area contributed by atoms with Gasteiger partial charge in [-0.3, -0.25) is 4.90 Å². The maximum absolute atomic E-state index is 11.9. The molecule has 2 aromatic carbocycles. The topological polar surface area (TPSA) is 81.7 Å². The summed E-state index contributed by atoms with van der Waals surface area (Å²) in [6, 6.07) is 17.2. The second kappa shape index (κ2) is 12.1. The predicted octanol–water partition coefficient (Wildman–Crippen LogP) is 7.35. The molecule has 1 saturated heterocycles. The van der Waals surface area contributed by atoms with Gasteiger partial charge >= 0.3 is 5.97 Å². The summed E-state index contributed by atoms with van der Waals surface area (Å²) in [5, 5.41) is 11.4. The van der Waals surface area contributed by atoms with Crippen molar-refractivity contribution in [3.8, 4) is 11.5 Å². The lowest BCUT2D eigenvalue weighted by Crippen LogP contribution is -2.46. The molecular weight excluding hydrogens is 524 g/mol. The van der Waals surface area contributed by atoms with Crippen molar-refractivity contribution in [3.63, 3.8) is 0 Å². The van der Waals surface area contributed by atoms with Crippen LogP contribution in [0.3, 0.4) is 0 Å². The number of halogens is 1. The van der Waals surface area contributed by atoms with Crippen LogP contribution in [0.5, 0.6) is 11.5 Å². The van der Waals surface area contributed by atoms with Crippen molar-refractivity contribution in [2.45, 2.75) is 27.2 Å². The molecule has 1 fully saturated rings. The zero-order valence-electron chi connectivity index (χ0n) is 23.2. The average Bonchev–Trinajstić information content (AvgIpc) is 3.40. The second-order valence-electron chi connectivity index (χ2n) is 10.8. The number of piperazine rings is 1. The highest BCUT2D eigenvalue weighted by Gasteiger charge is 2.21. The molecule has 1 aliphatic heterocycles. The van der Waals surface area contributed by atoms with E-state index in [1.54, 1.807) is 12.3 Å². The zero-order valence-corrected chi connectivity index (χ0v) is 23.9. The molecule has 0 bridgehead atoms. The summed E-state index contributed by atoms with van der Waals surface area (Å²) in [6.07, 6.45) is 4.44. The molecule has 0 radical (unpaired) electrons. The van der Waals surface area contributed by atoms with E-state index in [0.29, 0.717) is 17.4 Å². The predicted molar refractivity (Wildman–Crippen MR) is 162 cm³/mol. The molecule has 3 heterocycles. The zero-order chi connectivity index (χ0) is 28.2. The number of carboxylic acid groups (broad SMARTS) is 1. The molecule has 0 unspecified atom stereocenters. The van der Waals surface area contributed by atoms with E-state index in [9.17, 15) is 9.90 Å². The molecule has 0 spiro atoms. The Morgan fingerprint density at radius 3 is 2.52 bits per heavy atom. The fourth-order valence-electron chi connectivity index (χ4n) is 5.26. The molecule has 0 saturated carbocycles. The van der Waals surface area contributed by atoms with Crippen LogP contribution in [0.15, 0.2) is 72.6 Å². The quantitative estimate of drug-likeness (QED) is 0.223. The Bertz CT molecular complexity index is 1520. The number of aromatic carboxylic acids is 1. The summed E-state index contributed by atoms with van der Waals surface area (Å²) < 4.78 is 6.05. The van der Waals surface area contributed by atoms with Crippen molar-refractivity contribution >= 4 is 39.9 Å². The van der Waals surface area contributed by atoms with Crippen molar-refractivity contribution in [1.29, 1.82) is 0 Å². The number of allylic oxidation sites excluding steroid dienone is 1. The fourth-order valence-corrected chi connectivity index (χ4v) is 5.39. The number of hydrogen-bond donors (Lipinski definition) is 2. The van der Waals surface area contributed by atoms with E-state index in [4.69, 9.17) is 16.3 Å². The highest BCUT2D eigenvalue weighted by Crippen LogP contribution is 2.32. The molecule has 1 aliphatic rings. The van der Waals surface area contributed by atoms with E-state index < -0.39 is 5.97 Å². The molecule has 0 aliphatic carbocycles. The van der Waals surface area contributed by atoms with Crippen LogP contribution in [-0.4, -0.2) is 58.7 Å². The van der Waals surface area contributed by atoms with Crippen LogP contribution in [0.2, 0.25) is 5.02 Å². The van der Waals surface area contributed by atoms with Gasteiger partial charge in [-0.2, -0.15) is 0 Å². The molecule has 2 N–H and O–H groups in total. The second-order valence-corrected chi connectivity index (χ2v) is 11.2. The molecule has 7 nitrogen and oxygen atoms in total. The molecule has 40 heavy (non-hydrogen) atoms. The lowest BCUT2D eigenvalue weighted by Gasteiger charge is -2.36. The van der Waals surface area contributed by atoms with Gasteiger partial charge < -0.3 is 19.7 Å². The number of ether oxygens (including phenoxy) is 1. The molecule has 8 heteroatoms. The van der Waals surface area contributed by atoms with Crippen LogP contribution in [0, 0.1) is 5.92 Å². The van der Waals surface area contributed by atoms with Crippen LogP contribution in [0.25, 0.3) is 16.6 Å². The highest BCUT2D eigenvalue weighted by molar-refractivity contribution is 6.30. The minimum atomic E-state index is -1.03. The van der Waals surface area contributed by atoms with Gasteiger partial charge in [0.1, 0.15) is 22.7 Å². The first kappa shape index (κ1) is 27.7. The Balaban J connectivity index is 1.29. The first-order chi connectivity index (χ1) is 19.3. The van der Waals surface area contributed by atoms with E-state index in [1.165, 1.54) is 16.7 Å².